The van der Waals surface area contributed by atoms with E-state index in [-0.39, 0.29) is 6.42 Å². The molecule has 0 radical (unpaired) electrons. The number of rotatable bonds is 3. The zero-order valence-electron chi connectivity index (χ0n) is 12.8. The van der Waals surface area contributed by atoms with E-state index >= 15 is 0 Å². The van der Waals surface area contributed by atoms with Gasteiger partial charge in [-0.1, -0.05) is 36.2 Å². The van der Waals surface area contributed by atoms with E-state index in [0.29, 0.717) is 5.56 Å². The molecule has 1 aliphatic heterocycles. The topological polar surface area (TPSA) is 18.5 Å². The van der Waals surface area contributed by atoms with Crippen LogP contribution in [0.1, 0.15) is 33.3 Å². The molecule has 1 saturated heterocycles. The van der Waals surface area contributed by atoms with Gasteiger partial charge in [-0.15, -0.1) is 0 Å². The Morgan fingerprint density at radius 1 is 1.05 bits per heavy atom. The summed E-state index contributed by atoms with van der Waals surface area (Å²) >= 11 is 4.25. The molecule has 1 heterocycles. The van der Waals surface area contributed by atoms with E-state index in [1.54, 1.807) is 24.3 Å². The van der Waals surface area contributed by atoms with Crippen LogP contribution in [0.5, 0.6) is 0 Å². The summed E-state index contributed by atoms with van der Waals surface area (Å²) in [5.41, 5.74) is 0.645. The van der Waals surface area contributed by atoms with Crippen LogP contribution >= 0.6 is 13.6 Å². The standard InChI is InChI=1S/C14H18BF2O2.BrH.Zn/c1-13(2)14(3,4)19-15(18-13)11-7-5-10(6-8-11)9-12(16)17;;/h5-8H,9H2,1-4H3;1H;/q-1;;+2/p-1. The van der Waals surface area contributed by atoms with Gasteiger partial charge in [0, 0.05) is 6.43 Å². The molecule has 0 bridgehead atoms. The zero-order chi connectivity index (χ0) is 16.3. The van der Waals surface area contributed by atoms with Gasteiger partial charge in [-0.3, -0.25) is 0 Å². The molecule has 0 spiro atoms. The number of benzene rings is 1. The van der Waals surface area contributed by atoms with Crippen LogP contribution in [0.3, 0.4) is 0 Å². The fourth-order valence-corrected chi connectivity index (χ4v) is 1.93. The van der Waals surface area contributed by atoms with Gasteiger partial charge in [-0.25, -0.2) is 0 Å². The van der Waals surface area contributed by atoms with Crippen LogP contribution in [0, 0.1) is 6.43 Å². The molecule has 0 amide bonds. The summed E-state index contributed by atoms with van der Waals surface area (Å²) in [7, 11) is -0.446. The van der Waals surface area contributed by atoms with Crippen molar-refractivity contribution in [3.63, 3.8) is 0 Å². The van der Waals surface area contributed by atoms with Crippen LogP contribution in [0.4, 0.5) is 8.78 Å². The Kier molecular flexibility index (Phi) is 6.98. The molecule has 0 saturated carbocycles. The molecule has 112 valence electrons. The molecule has 1 fully saturated rings. The first-order valence-electron chi connectivity index (χ1n) is 6.59. The second-order valence-corrected chi connectivity index (χ2v) is 5.85. The van der Waals surface area contributed by atoms with Gasteiger partial charge in [0.2, 0.25) is 0 Å². The average Bonchev–Trinajstić information content (AvgIpc) is 2.61. The van der Waals surface area contributed by atoms with Gasteiger partial charge >= 0.3 is 37.1 Å². The quantitative estimate of drug-likeness (QED) is 0.556. The van der Waals surface area contributed by atoms with Crippen LogP contribution in [0.15, 0.2) is 24.3 Å². The monoisotopic (exact) mass is 410 g/mol. The molecule has 0 atom stereocenters. The van der Waals surface area contributed by atoms with Crippen molar-refractivity contribution in [2.75, 3.05) is 0 Å². The molecular weight excluding hydrogens is 394 g/mol. The van der Waals surface area contributed by atoms with E-state index in [2.05, 4.69) is 13.6 Å². The van der Waals surface area contributed by atoms with Crippen molar-refractivity contribution in [1.82, 2.24) is 0 Å². The van der Waals surface area contributed by atoms with Crippen molar-refractivity contribution < 1.29 is 34.4 Å². The maximum absolute atomic E-state index is 12.2. The van der Waals surface area contributed by atoms with E-state index in [0.717, 1.165) is 5.46 Å². The van der Waals surface area contributed by atoms with Crippen molar-refractivity contribution >= 4 is 26.2 Å². The van der Waals surface area contributed by atoms with Crippen molar-refractivity contribution in [3.8, 4) is 0 Å². The van der Waals surface area contributed by atoms with Gasteiger partial charge in [-0.2, -0.15) is 0 Å². The zero-order valence-corrected chi connectivity index (χ0v) is 17.3. The second-order valence-electron chi connectivity index (χ2n) is 5.85. The maximum atomic E-state index is 12.2. The Morgan fingerprint density at radius 3 is 1.86 bits per heavy atom. The molecule has 0 unspecified atom stereocenters. The van der Waals surface area contributed by atoms with Gasteiger partial charge < -0.3 is 18.1 Å². The van der Waals surface area contributed by atoms with Crippen LogP contribution in [0.2, 0.25) is 0 Å². The van der Waals surface area contributed by atoms with Gasteiger partial charge in [0.25, 0.3) is 0 Å². The molecule has 0 aliphatic carbocycles. The van der Waals surface area contributed by atoms with Crippen LogP contribution in [-0.4, -0.2) is 18.3 Å². The first-order chi connectivity index (χ1) is 9.71. The normalized spacial score (nSPS) is 19.4. The van der Waals surface area contributed by atoms with Gasteiger partial charge in [-0.05, 0) is 33.2 Å². The van der Waals surface area contributed by atoms with Gasteiger partial charge in [0.1, 0.15) is 0 Å². The van der Waals surface area contributed by atoms with Gasteiger partial charge in [0.15, 0.2) is 0 Å². The fraction of sp³-hybridized carbons (Fsp3) is 0.500. The molecule has 1 aromatic rings. The first kappa shape index (κ1) is 19.2. The third kappa shape index (κ3) is 4.82. The molecule has 0 aromatic heterocycles. The Hall–Kier alpha value is 0.168. The number of hydrogen-bond donors (Lipinski definition) is 0. The van der Waals surface area contributed by atoms with Crippen molar-refractivity contribution in [1.29, 1.82) is 0 Å². The summed E-state index contributed by atoms with van der Waals surface area (Å²) in [6.07, 6.45) is -1.88. The summed E-state index contributed by atoms with van der Waals surface area (Å²) in [6.45, 7) is 7.92. The summed E-state index contributed by atoms with van der Waals surface area (Å²) in [5.74, 6) is 0. The summed E-state index contributed by atoms with van der Waals surface area (Å²) in [6, 6.07) is 6.92. The van der Waals surface area contributed by atoms with Crippen LogP contribution in [0.25, 0.3) is 0 Å². The molecule has 7 heteroatoms. The fourth-order valence-electron chi connectivity index (χ4n) is 1.93. The summed E-state index contributed by atoms with van der Waals surface area (Å²) in [5, 5.41) is 0. The van der Waals surface area contributed by atoms with E-state index in [4.69, 9.17) is 9.31 Å². The molecule has 2 nitrogen and oxygen atoms in total. The van der Waals surface area contributed by atoms with Crippen molar-refractivity contribution in [2.24, 2.45) is 0 Å². The number of hydrogen-bond acceptors (Lipinski definition) is 2. The molecule has 1 aliphatic rings. The predicted octanol–water partition coefficient (Wildman–Crippen LogP) is 3.80. The third-order valence-corrected chi connectivity index (χ3v) is 3.84. The van der Waals surface area contributed by atoms with Crippen LogP contribution in [-0.2, 0) is 32.1 Å². The summed E-state index contributed by atoms with van der Waals surface area (Å²) < 4.78 is 36.2. The molecule has 1 aromatic carbocycles. The van der Waals surface area contributed by atoms with E-state index in [1.165, 1.54) is 16.3 Å². The minimum absolute atomic E-state index is 0.302. The van der Waals surface area contributed by atoms with Crippen molar-refractivity contribution in [2.45, 2.75) is 45.3 Å². The predicted molar refractivity (Wildman–Crippen MR) is 80.2 cm³/mol. The Balaban J connectivity index is 0.00000106. The number of halogens is 3. The van der Waals surface area contributed by atoms with Gasteiger partial charge in [0.05, 0.1) is 11.2 Å². The molecule has 0 N–H and O–H groups in total. The average molecular weight is 412 g/mol. The first-order valence-corrected chi connectivity index (χ1v) is 13.5. The second kappa shape index (κ2) is 7.63. The molecule has 21 heavy (non-hydrogen) atoms. The van der Waals surface area contributed by atoms with Crippen LogP contribution < -0.4 is 5.46 Å². The summed E-state index contributed by atoms with van der Waals surface area (Å²) in [4.78, 5) is 0. The molecular formula is C14H18BBrF2O2Zn. The minimum atomic E-state index is -1.58. The Morgan fingerprint density at radius 2 is 1.48 bits per heavy atom. The van der Waals surface area contributed by atoms with Crippen molar-refractivity contribution in [3.05, 3.63) is 36.3 Å². The Bertz CT molecular complexity index is 439. The third-order valence-electron chi connectivity index (χ3n) is 3.84. The van der Waals surface area contributed by atoms with E-state index in [1.807, 2.05) is 27.7 Å². The SMILES string of the molecule is CC1(C)OB(c2ccc(C[C-](F)F)cc2)OC1(C)C.[Zn+][Br]. The molecule has 2 rings (SSSR count). The van der Waals surface area contributed by atoms with E-state index < -0.39 is 24.7 Å². The van der Waals surface area contributed by atoms with E-state index in [9.17, 15) is 8.78 Å². The Labute approximate surface area is 142 Å².